The lowest BCUT2D eigenvalue weighted by Gasteiger charge is -2.32. The van der Waals surface area contributed by atoms with Gasteiger partial charge in [0.25, 0.3) is 11.8 Å². The van der Waals surface area contributed by atoms with Crippen LogP contribution in [0.2, 0.25) is 0 Å². The van der Waals surface area contributed by atoms with Crippen molar-refractivity contribution in [3.8, 4) is 17.2 Å². The number of rotatable bonds is 10. The zero-order valence-electron chi connectivity index (χ0n) is 28.2. The lowest BCUT2D eigenvalue weighted by Crippen LogP contribution is -2.41. The number of carbonyl (C=O) groups excluding carboxylic acids is 2. The molecule has 11 nitrogen and oxygen atoms in total. The summed E-state index contributed by atoms with van der Waals surface area (Å²) in [6, 6.07) is 12.3. The predicted octanol–water partition coefficient (Wildman–Crippen LogP) is 7.11. The van der Waals surface area contributed by atoms with Crippen LogP contribution in [0, 0.1) is 0 Å². The van der Waals surface area contributed by atoms with E-state index in [1.807, 2.05) is 27.7 Å². The lowest BCUT2D eigenvalue weighted by atomic mass is 9.78. The summed E-state index contributed by atoms with van der Waals surface area (Å²) < 4.78 is 98.1. The topological polar surface area (TPSA) is 142 Å². The third kappa shape index (κ3) is 12.6. The Morgan fingerprint density at radius 2 is 1.00 bits per heavy atom. The maximum atomic E-state index is 12.5. The lowest BCUT2D eigenvalue weighted by molar-refractivity contribution is -0.0510. The highest BCUT2D eigenvalue weighted by molar-refractivity contribution is 9.10. The summed E-state index contributed by atoms with van der Waals surface area (Å²) in [5, 5.41) is 13.4. The molecule has 0 unspecified atom stereocenters. The molecular formula is C32H33BBr2F6N2O9. The molecule has 1 fully saturated rings. The molecule has 1 aliphatic heterocycles. The van der Waals surface area contributed by atoms with Crippen molar-refractivity contribution in [3.63, 3.8) is 0 Å². The van der Waals surface area contributed by atoms with Gasteiger partial charge in [-0.2, -0.15) is 26.3 Å². The van der Waals surface area contributed by atoms with Crippen LogP contribution in [0.5, 0.6) is 17.2 Å². The number of ether oxygens (including phenoxy) is 3. The molecule has 0 saturated carbocycles. The van der Waals surface area contributed by atoms with E-state index in [1.54, 1.807) is 6.07 Å². The first kappa shape index (κ1) is 44.2. The molecule has 0 aromatic heterocycles. The Hall–Kier alpha value is -4.01. The molecule has 0 bridgehead atoms. The number of nitrogens with one attached hydrogen (secondary N) is 2. The minimum absolute atomic E-state index is 0.0000113. The molecule has 1 heterocycles. The molecule has 52 heavy (non-hydrogen) atoms. The van der Waals surface area contributed by atoms with Gasteiger partial charge in [0, 0.05) is 23.0 Å². The van der Waals surface area contributed by atoms with Crippen LogP contribution in [-0.4, -0.2) is 75.1 Å². The molecular weight excluding hydrogens is 841 g/mol. The van der Waals surface area contributed by atoms with E-state index < -0.39 is 55.9 Å². The Labute approximate surface area is 311 Å². The number of aromatic carboxylic acids is 1. The fourth-order valence-corrected chi connectivity index (χ4v) is 4.79. The second-order valence-electron chi connectivity index (χ2n) is 11.2. The molecule has 0 aliphatic carbocycles. The van der Waals surface area contributed by atoms with Crippen molar-refractivity contribution in [2.24, 2.45) is 0 Å². The smallest absolute Gasteiger partial charge is 0.478 e. The third-order valence-corrected chi connectivity index (χ3v) is 8.22. The van der Waals surface area contributed by atoms with Crippen molar-refractivity contribution in [3.05, 3.63) is 80.2 Å². The van der Waals surface area contributed by atoms with Crippen molar-refractivity contribution >= 4 is 62.2 Å². The van der Waals surface area contributed by atoms with Gasteiger partial charge in [0.05, 0.1) is 22.3 Å². The predicted molar refractivity (Wildman–Crippen MR) is 184 cm³/mol. The number of benzene rings is 3. The Bertz CT molecular complexity index is 1700. The van der Waals surface area contributed by atoms with E-state index in [0.29, 0.717) is 14.4 Å². The highest BCUT2D eigenvalue weighted by Gasteiger charge is 2.51. The van der Waals surface area contributed by atoms with E-state index in [9.17, 15) is 40.7 Å². The molecule has 1 saturated heterocycles. The van der Waals surface area contributed by atoms with Crippen molar-refractivity contribution < 1.29 is 69.4 Å². The van der Waals surface area contributed by atoms with Gasteiger partial charge >= 0.3 is 32.9 Å². The van der Waals surface area contributed by atoms with Crippen LogP contribution < -0.4 is 30.3 Å². The SMILES string of the molecule is CNC(=O)c1cc(B2OC(C)(C)C(C)(C)O2)ccc1OC(F)F.CNC(=O)c1cc(Br)ccc1OC(F)F.O=C(O)c1cc(Br)ccc1OC(F)F. The highest BCUT2D eigenvalue weighted by Crippen LogP contribution is 2.37. The zero-order chi connectivity index (χ0) is 39.6. The minimum Gasteiger partial charge on any atom is -0.478 e. The van der Waals surface area contributed by atoms with Crippen LogP contribution in [-0.2, 0) is 9.31 Å². The summed E-state index contributed by atoms with van der Waals surface area (Å²) in [5.41, 5.74) is -0.762. The standard InChI is InChI=1S/C15H20BF2NO4.C9H8BrF2NO2.C8H5BrF2O3/c1-14(2)15(3,4)23-16(22-14)9-6-7-11(21-13(17)18)10(8-9)12(20)19-5;1-13-8(14)6-4-5(10)2-3-7(6)15-9(11)12;9-4-1-2-6(14-8(10)11)5(3-4)7(12)13/h6-8,13H,1-5H3,(H,19,20);2-4,9H,1H3,(H,13,14);1-3,8H,(H,12,13). The molecule has 1 aliphatic rings. The number of carbonyl (C=O) groups is 3. The molecule has 3 aromatic rings. The number of hydrogen-bond donors (Lipinski definition) is 3. The normalized spacial score (nSPS) is 14.1. The van der Waals surface area contributed by atoms with E-state index >= 15 is 0 Å². The van der Waals surface area contributed by atoms with Gasteiger partial charge in [0.2, 0.25) is 0 Å². The maximum Gasteiger partial charge on any atom is 0.494 e. The molecule has 3 N–H and O–H groups in total. The fraction of sp³-hybridized carbons (Fsp3) is 0.344. The van der Waals surface area contributed by atoms with Gasteiger partial charge in [-0.15, -0.1) is 0 Å². The first-order valence-electron chi connectivity index (χ1n) is 14.7. The van der Waals surface area contributed by atoms with Gasteiger partial charge in [0.1, 0.15) is 22.8 Å². The van der Waals surface area contributed by atoms with Gasteiger partial charge in [0.15, 0.2) is 0 Å². The fourth-order valence-electron chi connectivity index (χ4n) is 4.07. The van der Waals surface area contributed by atoms with Crippen molar-refractivity contribution in [1.82, 2.24) is 10.6 Å². The second-order valence-corrected chi connectivity index (χ2v) is 13.1. The van der Waals surface area contributed by atoms with E-state index in [2.05, 4.69) is 56.7 Å². The van der Waals surface area contributed by atoms with Crippen molar-refractivity contribution in [2.45, 2.75) is 58.7 Å². The van der Waals surface area contributed by atoms with Crippen LogP contribution in [0.1, 0.15) is 58.8 Å². The quantitative estimate of drug-likeness (QED) is 0.144. The molecule has 20 heteroatoms. The summed E-state index contributed by atoms with van der Waals surface area (Å²) in [4.78, 5) is 33.8. The molecule has 0 spiro atoms. The van der Waals surface area contributed by atoms with Gasteiger partial charge in [-0.25, -0.2) is 4.79 Å². The van der Waals surface area contributed by atoms with Gasteiger partial charge in [-0.3, -0.25) is 9.59 Å². The molecule has 0 radical (unpaired) electrons. The number of alkyl halides is 6. The summed E-state index contributed by atoms with van der Waals surface area (Å²) in [6.45, 7) is -1.38. The first-order valence-corrected chi connectivity index (χ1v) is 16.3. The van der Waals surface area contributed by atoms with Crippen LogP contribution in [0.3, 0.4) is 0 Å². The van der Waals surface area contributed by atoms with E-state index in [0.717, 1.165) is 0 Å². The third-order valence-electron chi connectivity index (χ3n) is 7.23. The molecule has 2 amide bonds. The maximum absolute atomic E-state index is 12.5. The summed E-state index contributed by atoms with van der Waals surface area (Å²) in [7, 11) is 2.13. The largest absolute Gasteiger partial charge is 0.494 e. The van der Waals surface area contributed by atoms with Crippen LogP contribution >= 0.6 is 31.9 Å². The van der Waals surface area contributed by atoms with Crippen LogP contribution in [0.15, 0.2) is 63.5 Å². The Morgan fingerprint density at radius 3 is 1.37 bits per heavy atom. The Kier molecular flexibility index (Phi) is 16.3. The van der Waals surface area contributed by atoms with Crippen molar-refractivity contribution in [2.75, 3.05) is 14.1 Å². The Balaban J connectivity index is 0.000000283. The number of carboxylic acids is 1. The van der Waals surface area contributed by atoms with E-state index in [-0.39, 0.29) is 33.9 Å². The molecule has 284 valence electrons. The minimum atomic E-state index is -3.03. The Morgan fingerprint density at radius 1 is 0.654 bits per heavy atom. The molecule has 4 rings (SSSR count). The van der Waals surface area contributed by atoms with Crippen LogP contribution in [0.4, 0.5) is 26.3 Å². The van der Waals surface area contributed by atoms with E-state index in [4.69, 9.17) is 14.4 Å². The number of hydrogen-bond acceptors (Lipinski definition) is 8. The average molecular weight is 874 g/mol. The first-order chi connectivity index (χ1) is 24.1. The zero-order valence-corrected chi connectivity index (χ0v) is 31.4. The molecule has 0 atom stereocenters. The summed E-state index contributed by atoms with van der Waals surface area (Å²) >= 11 is 6.16. The van der Waals surface area contributed by atoms with Crippen LogP contribution in [0.25, 0.3) is 0 Å². The number of amides is 2. The monoisotopic (exact) mass is 872 g/mol. The van der Waals surface area contributed by atoms with Gasteiger partial charge in [-0.1, -0.05) is 37.9 Å². The van der Waals surface area contributed by atoms with Gasteiger partial charge < -0.3 is 39.3 Å². The highest BCUT2D eigenvalue weighted by atomic mass is 79.9. The summed E-state index contributed by atoms with van der Waals surface area (Å²) in [5.74, 6) is -3.02. The summed E-state index contributed by atoms with van der Waals surface area (Å²) in [6.07, 6.45) is 0. The number of carboxylic acid groups (broad SMARTS) is 1. The van der Waals surface area contributed by atoms with Crippen molar-refractivity contribution in [1.29, 1.82) is 0 Å². The van der Waals surface area contributed by atoms with E-state index in [1.165, 1.54) is 62.6 Å². The second kappa shape index (κ2) is 19.2. The van der Waals surface area contributed by atoms with Gasteiger partial charge in [-0.05, 0) is 81.7 Å². The number of halogens is 8. The average Bonchev–Trinajstić information content (AvgIpc) is 3.27. The molecule has 3 aromatic carbocycles.